The predicted octanol–water partition coefficient (Wildman–Crippen LogP) is 1.05. The molecule has 0 bridgehead atoms. The van der Waals surface area contributed by atoms with Crippen molar-refractivity contribution >= 4 is 11.8 Å². The first-order valence-electron chi connectivity index (χ1n) is 8.50. The van der Waals surface area contributed by atoms with E-state index in [-0.39, 0.29) is 23.8 Å². The molecule has 138 valence electrons. The zero-order valence-corrected chi connectivity index (χ0v) is 15.2. The number of hydrogen-bond acceptors (Lipinski definition) is 5. The molecule has 2 aromatic rings. The summed E-state index contributed by atoms with van der Waals surface area (Å²) in [6.45, 7) is 0.324. The molecule has 1 fully saturated rings. The number of methoxy groups -OCH3 is 1. The summed E-state index contributed by atoms with van der Waals surface area (Å²) < 4.78 is 6.93. The van der Waals surface area contributed by atoms with Gasteiger partial charge < -0.3 is 19.5 Å². The van der Waals surface area contributed by atoms with Crippen molar-refractivity contribution in [2.75, 3.05) is 14.2 Å². The molecule has 8 heteroatoms. The third-order valence-electron chi connectivity index (χ3n) is 4.80. The quantitative estimate of drug-likeness (QED) is 0.864. The number of imidazole rings is 1. The topological polar surface area (TPSA) is 89.4 Å². The van der Waals surface area contributed by atoms with Crippen LogP contribution < -0.4 is 10.1 Å². The number of aromatic nitrogens is 3. The van der Waals surface area contributed by atoms with Gasteiger partial charge in [0, 0.05) is 32.9 Å². The van der Waals surface area contributed by atoms with E-state index in [0.717, 1.165) is 5.69 Å². The van der Waals surface area contributed by atoms with Crippen molar-refractivity contribution in [1.82, 2.24) is 24.8 Å². The number of nitrogens with zero attached hydrogens (tertiary/aromatic N) is 4. The Balaban J connectivity index is 1.73. The molecule has 2 amide bonds. The summed E-state index contributed by atoms with van der Waals surface area (Å²) in [4.78, 5) is 35.2. The van der Waals surface area contributed by atoms with E-state index in [1.165, 1.54) is 0 Å². The third-order valence-corrected chi connectivity index (χ3v) is 4.80. The molecule has 0 saturated carbocycles. The number of ether oxygens (including phenoxy) is 1. The van der Waals surface area contributed by atoms with E-state index < -0.39 is 0 Å². The van der Waals surface area contributed by atoms with E-state index >= 15 is 0 Å². The Morgan fingerprint density at radius 2 is 2.15 bits per heavy atom. The Labute approximate surface area is 152 Å². The molecule has 3 heterocycles. The molecule has 26 heavy (non-hydrogen) atoms. The Bertz CT molecular complexity index is 786. The smallest absolute Gasteiger partial charge is 0.226 e. The molecule has 1 saturated heterocycles. The van der Waals surface area contributed by atoms with Crippen LogP contribution >= 0.6 is 0 Å². The van der Waals surface area contributed by atoms with Crippen LogP contribution in [0.1, 0.15) is 30.4 Å². The summed E-state index contributed by atoms with van der Waals surface area (Å²) in [5.74, 6) is 0.955. The molecular weight excluding hydrogens is 334 g/mol. The van der Waals surface area contributed by atoms with Gasteiger partial charge in [0.05, 0.1) is 31.5 Å². The van der Waals surface area contributed by atoms with Crippen molar-refractivity contribution < 1.29 is 14.3 Å². The van der Waals surface area contributed by atoms with Crippen LogP contribution in [-0.2, 0) is 23.2 Å². The summed E-state index contributed by atoms with van der Waals surface area (Å²) >= 11 is 0. The number of aryl methyl sites for hydroxylation is 1. The summed E-state index contributed by atoms with van der Waals surface area (Å²) in [5, 5.41) is 2.94. The number of nitrogens with one attached hydrogen (secondary N) is 1. The van der Waals surface area contributed by atoms with Gasteiger partial charge >= 0.3 is 0 Å². The van der Waals surface area contributed by atoms with Gasteiger partial charge in [-0.15, -0.1) is 0 Å². The fourth-order valence-electron chi connectivity index (χ4n) is 3.27. The molecule has 2 atom stereocenters. The van der Waals surface area contributed by atoms with Crippen LogP contribution in [0.2, 0.25) is 0 Å². The average molecular weight is 357 g/mol. The van der Waals surface area contributed by atoms with Gasteiger partial charge in [0.25, 0.3) is 0 Å². The zero-order chi connectivity index (χ0) is 18.7. The number of carbonyl (C=O) groups is 2. The Morgan fingerprint density at radius 1 is 1.35 bits per heavy atom. The van der Waals surface area contributed by atoms with Crippen LogP contribution in [0.4, 0.5) is 0 Å². The van der Waals surface area contributed by atoms with Crippen LogP contribution in [0.5, 0.6) is 5.75 Å². The first-order valence-corrected chi connectivity index (χ1v) is 8.50. The Morgan fingerprint density at radius 3 is 2.77 bits per heavy atom. The Kier molecular flexibility index (Phi) is 5.20. The molecule has 0 unspecified atom stereocenters. The maximum Gasteiger partial charge on any atom is 0.226 e. The molecule has 1 aliphatic heterocycles. The molecule has 0 aromatic carbocycles. The van der Waals surface area contributed by atoms with E-state index in [2.05, 4.69) is 15.3 Å². The highest BCUT2D eigenvalue weighted by Crippen LogP contribution is 2.34. The normalized spacial score (nSPS) is 20.1. The summed E-state index contributed by atoms with van der Waals surface area (Å²) in [6, 6.07) is 3.24. The lowest BCUT2D eigenvalue weighted by Crippen LogP contribution is -2.47. The standard InChI is InChI=1S/C18H23N5O3/c1-22-9-8-19-17(22)16-14(6-7-15(24)23(16)2)18(25)21-10-12-4-5-13(26-3)11-20-12/h4-5,8-9,11,14,16H,6-7,10H2,1-3H3,(H,21,25)/t14-,16-/m0/s1. The summed E-state index contributed by atoms with van der Waals surface area (Å²) in [6.07, 6.45) is 5.97. The van der Waals surface area contributed by atoms with Gasteiger partial charge in [0.1, 0.15) is 17.6 Å². The van der Waals surface area contributed by atoms with Gasteiger partial charge in [-0.25, -0.2) is 4.98 Å². The van der Waals surface area contributed by atoms with Gasteiger partial charge in [-0.2, -0.15) is 0 Å². The van der Waals surface area contributed by atoms with E-state index in [1.54, 1.807) is 37.5 Å². The van der Waals surface area contributed by atoms with Crippen LogP contribution in [0.3, 0.4) is 0 Å². The first kappa shape index (κ1) is 17.9. The molecule has 8 nitrogen and oxygen atoms in total. The second kappa shape index (κ2) is 7.55. The minimum Gasteiger partial charge on any atom is -0.495 e. The summed E-state index contributed by atoms with van der Waals surface area (Å²) in [5.41, 5.74) is 0.743. The number of rotatable bonds is 5. The van der Waals surface area contributed by atoms with Gasteiger partial charge in [-0.05, 0) is 18.6 Å². The van der Waals surface area contributed by atoms with E-state index in [1.807, 2.05) is 23.9 Å². The fraction of sp³-hybridized carbons (Fsp3) is 0.444. The van der Waals surface area contributed by atoms with Crippen molar-refractivity contribution in [3.8, 4) is 5.75 Å². The predicted molar refractivity (Wildman–Crippen MR) is 94.1 cm³/mol. The highest BCUT2D eigenvalue weighted by atomic mass is 16.5. The molecule has 1 aliphatic rings. The van der Waals surface area contributed by atoms with Gasteiger partial charge in [-0.3, -0.25) is 14.6 Å². The van der Waals surface area contributed by atoms with Crippen molar-refractivity contribution in [1.29, 1.82) is 0 Å². The largest absolute Gasteiger partial charge is 0.495 e. The number of carbonyl (C=O) groups excluding carboxylic acids is 2. The van der Waals surface area contributed by atoms with Crippen LogP contribution in [0, 0.1) is 5.92 Å². The Hall–Kier alpha value is -2.90. The zero-order valence-electron chi connectivity index (χ0n) is 15.2. The molecule has 1 N–H and O–H groups in total. The third kappa shape index (κ3) is 3.54. The van der Waals surface area contributed by atoms with Crippen molar-refractivity contribution in [2.45, 2.75) is 25.4 Å². The van der Waals surface area contributed by atoms with E-state index in [4.69, 9.17) is 4.74 Å². The van der Waals surface area contributed by atoms with Crippen LogP contribution in [0.15, 0.2) is 30.7 Å². The van der Waals surface area contributed by atoms with Crippen molar-refractivity contribution in [3.05, 3.63) is 42.2 Å². The lowest BCUT2D eigenvalue weighted by atomic mass is 9.87. The maximum absolute atomic E-state index is 12.8. The number of piperidine rings is 1. The SMILES string of the molecule is COc1ccc(CNC(=O)[C@H]2CCC(=O)N(C)[C@@H]2c2nccn2C)nc1. The second-order valence-corrected chi connectivity index (χ2v) is 6.40. The summed E-state index contributed by atoms with van der Waals surface area (Å²) in [7, 11) is 5.18. The lowest BCUT2D eigenvalue weighted by molar-refractivity contribution is -0.142. The van der Waals surface area contributed by atoms with Crippen LogP contribution in [-0.4, -0.2) is 45.4 Å². The monoisotopic (exact) mass is 357 g/mol. The van der Waals surface area contributed by atoms with Crippen LogP contribution in [0.25, 0.3) is 0 Å². The number of pyridine rings is 1. The highest BCUT2D eigenvalue weighted by molar-refractivity contribution is 5.84. The van der Waals surface area contributed by atoms with E-state index in [9.17, 15) is 9.59 Å². The highest BCUT2D eigenvalue weighted by Gasteiger charge is 2.40. The van der Waals surface area contributed by atoms with Crippen molar-refractivity contribution in [2.24, 2.45) is 13.0 Å². The van der Waals surface area contributed by atoms with Crippen molar-refractivity contribution in [3.63, 3.8) is 0 Å². The first-order chi connectivity index (χ1) is 12.5. The molecular formula is C18H23N5O3. The van der Waals surface area contributed by atoms with E-state index in [0.29, 0.717) is 31.0 Å². The second-order valence-electron chi connectivity index (χ2n) is 6.40. The molecule has 0 radical (unpaired) electrons. The lowest BCUT2D eigenvalue weighted by Gasteiger charge is -2.37. The number of hydrogen-bond donors (Lipinski definition) is 1. The average Bonchev–Trinajstić information content (AvgIpc) is 3.07. The van der Waals surface area contributed by atoms with Gasteiger partial charge in [-0.1, -0.05) is 0 Å². The molecule has 0 aliphatic carbocycles. The minimum absolute atomic E-state index is 0.0267. The maximum atomic E-state index is 12.8. The molecule has 2 aromatic heterocycles. The minimum atomic E-state index is -0.375. The fourth-order valence-corrected chi connectivity index (χ4v) is 3.27. The molecule has 0 spiro atoms. The molecule has 3 rings (SSSR count). The number of amides is 2. The van der Waals surface area contributed by atoms with Gasteiger partial charge in [0.15, 0.2) is 0 Å². The van der Waals surface area contributed by atoms with Gasteiger partial charge in [0.2, 0.25) is 11.8 Å². The number of likely N-dealkylation sites (tertiary alicyclic amines) is 1.